The van der Waals surface area contributed by atoms with Gasteiger partial charge < -0.3 is 15.2 Å². The van der Waals surface area contributed by atoms with Gasteiger partial charge in [0.1, 0.15) is 16.7 Å². The standard InChI is InChI=1S/C37H25N9O5/c47-28-18-24-29-22(13-8-14-23(29)35(50)46-27-16-7-6-15-26(27)39-33(24)46)30(28)40-42-36-44-45-37(51-36)43-41-31-21-12-5-4-9-19(21)17-25(32(31)48)34(49)38-20-10-2-1-3-11-20/h1-18,36-37,42,44-45,48H,(H,38,49). The number of hydrazine groups is 1. The molecule has 248 valence electrons. The number of benzene rings is 6. The first-order chi connectivity index (χ1) is 24.9. The predicted molar refractivity (Wildman–Crippen MR) is 191 cm³/mol. The van der Waals surface area contributed by atoms with Crippen molar-refractivity contribution in [1.82, 2.24) is 25.7 Å². The number of nitrogens with one attached hydrogen (secondary N) is 4. The number of hydrogen-bond acceptors (Lipinski definition) is 12. The van der Waals surface area contributed by atoms with Gasteiger partial charge in [-0.25, -0.2) is 15.8 Å². The van der Waals surface area contributed by atoms with Crippen LogP contribution < -0.4 is 37.9 Å². The molecule has 9 rings (SSSR count). The molecule has 1 aliphatic rings. The molecule has 14 heteroatoms. The minimum Gasteiger partial charge on any atom is -0.505 e. The van der Waals surface area contributed by atoms with Gasteiger partial charge >= 0.3 is 0 Å². The van der Waals surface area contributed by atoms with E-state index in [-0.39, 0.29) is 33.3 Å². The van der Waals surface area contributed by atoms with Crippen molar-refractivity contribution in [2.75, 3.05) is 5.32 Å². The van der Waals surface area contributed by atoms with Gasteiger partial charge in [-0.05, 0) is 47.9 Å². The summed E-state index contributed by atoms with van der Waals surface area (Å²) in [6, 6.07) is 31.6. The predicted octanol–water partition coefficient (Wildman–Crippen LogP) is 4.38. The SMILES string of the molecule is O=C(Nc1ccccc1)c1cc2ccccc2c(N=NC2NNC(NN=c3c(=O)cc4c5c3cccc5c(=O)n3c5ccccc5nc43)O2)c1O. The normalized spacial score (nSPS) is 16.7. The van der Waals surface area contributed by atoms with Gasteiger partial charge in [-0.3, -0.25) is 24.2 Å². The van der Waals surface area contributed by atoms with Crippen molar-refractivity contribution < 1.29 is 14.6 Å². The summed E-state index contributed by atoms with van der Waals surface area (Å²) in [5.41, 5.74) is 10.2. The summed E-state index contributed by atoms with van der Waals surface area (Å²) in [7, 11) is 0. The number of carbonyl (C=O) groups excluding carboxylic acids is 1. The monoisotopic (exact) mass is 675 g/mol. The minimum absolute atomic E-state index is 0.0247. The lowest BCUT2D eigenvalue weighted by Gasteiger charge is -2.11. The maximum atomic E-state index is 13.7. The van der Waals surface area contributed by atoms with Gasteiger partial charge in [0.25, 0.3) is 11.5 Å². The second-order valence-corrected chi connectivity index (χ2v) is 11.8. The lowest BCUT2D eigenvalue weighted by Crippen LogP contribution is -2.41. The second kappa shape index (κ2) is 11.9. The molecular formula is C37H25N9O5. The number of phenolic OH excluding ortho intramolecular Hbond substituents is 1. The Balaban J connectivity index is 1.01. The van der Waals surface area contributed by atoms with Gasteiger partial charge in [-0.2, -0.15) is 5.10 Å². The summed E-state index contributed by atoms with van der Waals surface area (Å²) in [5.74, 6) is -0.857. The molecule has 1 aliphatic heterocycles. The van der Waals surface area contributed by atoms with Crippen molar-refractivity contribution in [3.05, 3.63) is 141 Å². The summed E-state index contributed by atoms with van der Waals surface area (Å²) in [4.78, 5) is 45.0. The third kappa shape index (κ3) is 5.06. The average Bonchev–Trinajstić information content (AvgIpc) is 3.78. The van der Waals surface area contributed by atoms with Gasteiger partial charge in [0, 0.05) is 32.6 Å². The molecule has 1 amide bonds. The molecule has 0 saturated carbocycles. The Bertz CT molecular complexity index is 2900. The van der Waals surface area contributed by atoms with E-state index in [4.69, 9.17) is 4.74 Å². The van der Waals surface area contributed by atoms with Crippen LogP contribution in [0, 0.1) is 0 Å². The first kappa shape index (κ1) is 30.2. The molecule has 1 saturated heterocycles. The van der Waals surface area contributed by atoms with E-state index in [2.05, 4.69) is 41.9 Å². The van der Waals surface area contributed by atoms with Gasteiger partial charge in [0.15, 0.2) is 5.75 Å². The molecular weight excluding hydrogens is 650 g/mol. The Labute approximate surface area is 286 Å². The van der Waals surface area contributed by atoms with E-state index in [1.807, 2.05) is 36.4 Å². The Morgan fingerprint density at radius 3 is 2.49 bits per heavy atom. The maximum absolute atomic E-state index is 13.7. The van der Waals surface area contributed by atoms with Crippen molar-refractivity contribution in [3.63, 3.8) is 0 Å². The summed E-state index contributed by atoms with van der Waals surface area (Å²) in [6.45, 7) is 0. The Hall–Kier alpha value is -6.87. The number of imidazole rings is 1. The fourth-order valence-electron chi connectivity index (χ4n) is 6.45. The van der Waals surface area contributed by atoms with E-state index < -0.39 is 18.6 Å². The molecule has 3 heterocycles. The molecule has 1 fully saturated rings. The highest BCUT2D eigenvalue weighted by Crippen LogP contribution is 2.39. The van der Waals surface area contributed by atoms with Crippen LogP contribution in [0.2, 0.25) is 0 Å². The fourth-order valence-corrected chi connectivity index (χ4v) is 6.45. The van der Waals surface area contributed by atoms with Gasteiger partial charge in [0.2, 0.25) is 18.1 Å². The first-order valence-electron chi connectivity index (χ1n) is 15.9. The number of aromatic nitrogens is 2. The summed E-state index contributed by atoms with van der Waals surface area (Å²) in [6.07, 6.45) is -1.98. The summed E-state index contributed by atoms with van der Waals surface area (Å²) >= 11 is 0. The number of anilines is 1. The van der Waals surface area contributed by atoms with Crippen LogP contribution in [0.4, 0.5) is 11.4 Å². The lowest BCUT2D eigenvalue weighted by atomic mass is 10.0. The topological polar surface area (TPSA) is 183 Å². The summed E-state index contributed by atoms with van der Waals surface area (Å²) in [5, 5.41) is 30.2. The Morgan fingerprint density at radius 1 is 0.843 bits per heavy atom. The van der Waals surface area contributed by atoms with Crippen LogP contribution in [0.15, 0.2) is 134 Å². The maximum Gasteiger partial charge on any atom is 0.264 e. The lowest BCUT2D eigenvalue weighted by molar-refractivity contribution is 0.0176. The third-order valence-electron chi connectivity index (χ3n) is 8.76. The molecule has 14 nitrogen and oxygen atoms in total. The number of nitrogens with zero attached hydrogens (tertiary/aromatic N) is 5. The number of phenols is 1. The number of aromatic hydroxyl groups is 1. The van der Waals surface area contributed by atoms with Gasteiger partial charge in [0.05, 0.1) is 16.6 Å². The first-order valence-corrected chi connectivity index (χ1v) is 15.9. The number of amides is 1. The zero-order valence-corrected chi connectivity index (χ0v) is 26.4. The Kier molecular flexibility index (Phi) is 7.06. The number of ether oxygens (including phenoxy) is 1. The van der Waals surface area contributed by atoms with Crippen LogP contribution in [0.3, 0.4) is 0 Å². The van der Waals surface area contributed by atoms with Crippen LogP contribution in [0.1, 0.15) is 10.4 Å². The van der Waals surface area contributed by atoms with E-state index in [1.54, 1.807) is 66.7 Å². The number of pyridine rings is 1. The molecule has 6 aromatic carbocycles. The molecule has 2 unspecified atom stereocenters. The van der Waals surface area contributed by atoms with Crippen LogP contribution in [0.25, 0.3) is 49.0 Å². The van der Waals surface area contributed by atoms with Crippen LogP contribution >= 0.6 is 0 Å². The van der Waals surface area contributed by atoms with Gasteiger partial charge in [-0.1, -0.05) is 66.7 Å². The number of hydrogen-bond donors (Lipinski definition) is 5. The molecule has 0 spiro atoms. The quantitative estimate of drug-likeness (QED) is 0.126. The molecule has 0 aliphatic carbocycles. The number of fused-ring (bicyclic) bond motifs is 5. The Morgan fingerprint density at radius 2 is 1.61 bits per heavy atom. The molecule has 2 atom stereocenters. The van der Waals surface area contributed by atoms with E-state index in [0.717, 1.165) is 0 Å². The number of azo groups is 1. The number of carbonyl (C=O) groups is 1. The molecule has 8 aromatic rings. The molecule has 0 bridgehead atoms. The second-order valence-electron chi connectivity index (χ2n) is 11.8. The third-order valence-corrected chi connectivity index (χ3v) is 8.76. The van der Waals surface area contributed by atoms with Crippen molar-refractivity contribution >= 4 is 66.3 Å². The molecule has 0 radical (unpaired) electrons. The highest BCUT2D eigenvalue weighted by Gasteiger charge is 2.25. The number of para-hydroxylation sites is 3. The van der Waals surface area contributed by atoms with Crippen LogP contribution in [0.5, 0.6) is 5.75 Å². The highest BCUT2D eigenvalue weighted by molar-refractivity contribution is 6.15. The molecule has 2 aromatic heterocycles. The summed E-state index contributed by atoms with van der Waals surface area (Å²) < 4.78 is 7.36. The zero-order chi connectivity index (χ0) is 34.6. The van der Waals surface area contributed by atoms with Crippen molar-refractivity contribution in [1.29, 1.82) is 0 Å². The zero-order valence-electron chi connectivity index (χ0n) is 26.4. The van der Waals surface area contributed by atoms with E-state index in [9.17, 15) is 19.5 Å². The van der Waals surface area contributed by atoms with Crippen LogP contribution in [-0.2, 0) is 4.74 Å². The van der Waals surface area contributed by atoms with E-state index >= 15 is 0 Å². The highest BCUT2D eigenvalue weighted by atomic mass is 16.6. The molecule has 51 heavy (non-hydrogen) atoms. The minimum atomic E-state index is -1.04. The van der Waals surface area contributed by atoms with Crippen LogP contribution in [-0.4, -0.2) is 33.1 Å². The van der Waals surface area contributed by atoms with Gasteiger partial charge in [-0.15, -0.1) is 10.2 Å². The average molecular weight is 676 g/mol. The van der Waals surface area contributed by atoms with E-state index in [1.165, 1.54) is 10.5 Å². The largest absolute Gasteiger partial charge is 0.505 e. The smallest absolute Gasteiger partial charge is 0.264 e. The fraction of sp³-hybridized carbons (Fsp3) is 0.0541. The molecule has 5 N–H and O–H groups in total. The van der Waals surface area contributed by atoms with Crippen molar-refractivity contribution in [2.24, 2.45) is 15.3 Å². The van der Waals surface area contributed by atoms with Crippen molar-refractivity contribution in [2.45, 2.75) is 12.7 Å². The van der Waals surface area contributed by atoms with Crippen molar-refractivity contribution in [3.8, 4) is 5.75 Å². The number of rotatable bonds is 6. The van der Waals surface area contributed by atoms with E-state index in [0.29, 0.717) is 54.7 Å².